The van der Waals surface area contributed by atoms with Gasteiger partial charge >= 0.3 is 11.7 Å². The molecular weight excluding hydrogens is 326 g/mol. The molecule has 1 aliphatic rings. The number of anilines is 1. The molecule has 0 aliphatic carbocycles. The fraction of sp³-hybridized carbons (Fsp3) is 0.353. The number of aliphatic hydroxyl groups excluding tert-OH is 1. The summed E-state index contributed by atoms with van der Waals surface area (Å²) in [5.41, 5.74) is -0.329. The molecule has 1 unspecified atom stereocenters. The van der Waals surface area contributed by atoms with Gasteiger partial charge in [-0.1, -0.05) is 0 Å². The van der Waals surface area contributed by atoms with Crippen LogP contribution in [0.4, 0.5) is 5.69 Å². The number of aromatic amines is 1. The van der Waals surface area contributed by atoms with Crippen molar-refractivity contribution in [2.45, 2.75) is 26.0 Å². The third-order valence-corrected chi connectivity index (χ3v) is 4.12. The van der Waals surface area contributed by atoms with E-state index >= 15 is 0 Å². The molecule has 0 spiro atoms. The molecule has 8 heteroatoms. The number of nitrogens with one attached hydrogen (secondary N) is 1. The van der Waals surface area contributed by atoms with Crippen molar-refractivity contribution in [3.05, 3.63) is 56.9 Å². The van der Waals surface area contributed by atoms with Crippen molar-refractivity contribution < 1.29 is 14.6 Å². The number of benzene rings is 1. The van der Waals surface area contributed by atoms with E-state index in [9.17, 15) is 19.5 Å². The van der Waals surface area contributed by atoms with E-state index in [0.29, 0.717) is 5.69 Å². The van der Waals surface area contributed by atoms with Gasteiger partial charge in [-0.2, -0.15) is 0 Å². The predicted molar refractivity (Wildman–Crippen MR) is 91.2 cm³/mol. The average molecular weight is 345 g/mol. The molecular formula is C17H19N3O5. The summed E-state index contributed by atoms with van der Waals surface area (Å²) >= 11 is 0. The van der Waals surface area contributed by atoms with Gasteiger partial charge < -0.3 is 14.7 Å². The predicted octanol–water partition coefficient (Wildman–Crippen LogP) is 0.621. The Balaban J connectivity index is 1.96. The lowest BCUT2D eigenvalue weighted by Gasteiger charge is -2.22. The summed E-state index contributed by atoms with van der Waals surface area (Å²) in [4.78, 5) is 39.7. The van der Waals surface area contributed by atoms with Crippen molar-refractivity contribution in [3.63, 3.8) is 0 Å². The number of aromatic nitrogens is 2. The second-order valence-corrected chi connectivity index (χ2v) is 5.73. The van der Waals surface area contributed by atoms with Gasteiger partial charge in [0.1, 0.15) is 11.8 Å². The number of H-pyrrole nitrogens is 1. The molecule has 25 heavy (non-hydrogen) atoms. The highest BCUT2D eigenvalue weighted by molar-refractivity contribution is 5.88. The Bertz CT molecular complexity index is 884. The summed E-state index contributed by atoms with van der Waals surface area (Å²) in [6.45, 7) is 2.53. The summed E-state index contributed by atoms with van der Waals surface area (Å²) in [6.07, 6.45) is 2.32. The minimum Gasteiger partial charge on any atom is -0.462 e. The van der Waals surface area contributed by atoms with E-state index in [2.05, 4.69) is 4.98 Å². The summed E-state index contributed by atoms with van der Waals surface area (Å²) in [7, 11) is 0. The summed E-state index contributed by atoms with van der Waals surface area (Å²) < 4.78 is 6.01. The molecule has 2 N–H and O–H groups in total. The number of esters is 1. The van der Waals surface area contributed by atoms with Crippen LogP contribution in [0.1, 0.15) is 30.1 Å². The number of hydrogen-bond acceptors (Lipinski definition) is 6. The Labute approximate surface area is 143 Å². The normalized spacial score (nSPS) is 16.9. The largest absolute Gasteiger partial charge is 0.462 e. The molecule has 2 aromatic rings. The Hall–Kier alpha value is -2.87. The number of rotatable bonds is 4. The van der Waals surface area contributed by atoms with E-state index in [1.807, 2.05) is 4.90 Å². The highest BCUT2D eigenvalue weighted by Gasteiger charge is 2.22. The molecule has 0 amide bonds. The van der Waals surface area contributed by atoms with Gasteiger partial charge in [0.25, 0.3) is 5.56 Å². The van der Waals surface area contributed by atoms with Crippen molar-refractivity contribution >= 4 is 11.7 Å². The Morgan fingerprint density at radius 3 is 2.56 bits per heavy atom. The number of carbonyl (C=O) groups excluding carboxylic acids is 1. The monoisotopic (exact) mass is 345 g/mol. The third-order valence-electron chi connectivity index (χ3n) is 4.12. The van der Waals surface area contributed by atoms with Crippen LogP contribution in [0, 0.1) is 0 Å². The van der Waals surface area contributed by atoms with Crippen LogP contribution in [-0.4, -0.2) is 40.0 Å². The third kappa shape index (κ3) is 3.34. The number of aliphatic hydroxyl groups is 1. The zero-order chi connectivity index (χ0) is 18.0. The van der Waals surface area contributed by atoms with Crippen LogP contribution in [0.15, 0.2) is 40.1 Å². The number of ether oxygens (including phenoxy) is 1. The summed E-state index contributed by atoms with van der Waals surface area (Å²) in [5, 5.41) is 9.93. The minimum atomic E-state index is -0.783. The van der Waals surface area contributed by atoms with Gasteiger partial charge in [-0.3, -0.25) is 14.3 Å². The van der Waals surface area contributed by atoms with Gasteiger partial charge in [0.15, 0.2) is 0 Å². The maximum Gasteiger partial charge on any atom is 0.345 e. The Morgan fingerprint density at radius 2 is 1.96 bits per heavy atom. The fourth-order valence-electron chi connectivity index (χ4n) is 2.87. The average Bonchev–Trinajstić information content (AvgIpc) is 3.01. The summed E-state index contributed by atoms with van der Waals surface area (Å²) in [5.74, 6) is -0.783. The Morgan fingerprint density at radius 1 is 1.28 bits per heavy atom. The number of carbonyl (C=O) groups is 1. The standard InChI is InChI=1S/C17H19N3O5/c1-2-25-16(23)13-10-20(17(24)18-15(13)22)12-7-5-11(6-8-12)19-9-3-4-14(19)21/h5-8,10,14,21H,2-4,9H2,1H3,(H,18,22,24). The van der Waals surface area contributed by atoms with Gasteiger partial charge in [0.05, 0.1) is 12.3 Å². The molecule has 0 bridgehead atoms. The van der Waals surface area contributed by atoms with Crippen molar-refractivity contribution in [2.75, 3.05) is 18.1 Å². The zero-order valence-corrected chi connectivity index (χ0v) is 13.8. The van der Waals surface area contributed by atoms with Crippen LogP contribution in [-0.2, 0) is 4.74 Å². The fourth-order valence-corrected chi connectivity index (χ4v) is 2.87. The molecule has 132 valence electrons. The van der Waals surface area contributed by atoms with Crippen LogP contribution in [0.3, 0.4) is 0 Å². The molecule has 1 aromatic heterocycles. The second-order valence-electron chi connectivity index (χ2n) is 5.73. The molecule has 1 saturated heterocycles. The number of nitrogens with zero attached hydrogens (tertiary/aromatic N) is 2. The number of hydrogen-bond donors (Lipinski definition) is 2. The van der Waals surface area contributed by atoms with Crippen LogP contribution < -0.4 is 16.1 Å². The van der Waals surface area contributed by atoms with Crippen LogP contribution in [0.25, 0.3) is 5.69 Å². The minimum absolute atomic E-state index is 0.129. The van der Waals surface area contributed by atoms with E-state index in [-0.39, 0.29) is 12.2 Å². The maximum atomic E-state index is 12.1. The van der Waals surface area contributed by atoms with Crippen molar-refractivity contribution in [1.82, 2.24) is 9.55 Å². The first kappa shape index (κ1) is 17.0. The quantitative estimate of drug-likeness (QED) is 0.787. The van der Waals surface area contributed by atoms with Gasteiger partial charge in [-0.15, -0.1) is 0 Å². The van der Waals surface area contributed by atoms with E-state index in [4.69, 9.17) is 4.74 Å². The molecule has 0 radical (unpaired) electrons. The first-order valence-electron chi connectivity index (χ1n) is 8.09. The highest BCUT2D eigenvalue weighted by Crippen LogP contribution is 2.24. The van der Waals surface area contributed by atoms with Gasteiger partial charge in [0.2, 0.25) is 0 Å². The van der Waals surface area contributed by atoms with Crippen molar-refractivity contribution in [2.24, 2.45) is 0 Å². The second kappa shape index (κ2) is 6.94. The van der Waals surface area contributed by atoms with E-state index in [0.717, 1.165) is 25.1 Å². The van der Waals surface area contributed by atoms with Crippen LogP contribution in [0.2, 0.25) is 0 Å². The van der Waals surface area contributed by atoms with E-state index in [1.165, 1.54) is 10.8 Å². The van der Waals surface area contributed by atoms with E-state index in [1.54, 1.807) is 31.2 Å². The van der Waals surface area contributed by atoms with Crippen molar-refractivity contribution in [1.29, 1.82) is 0 Å². The van der Waals surface area contributed by atoms with Gasteiger partial charge in [-0.05, 0) is 44.0 Å². The zero-order valence-electron chi connectivity index (χ0n) is 13.8. The maximum absolute atomic E-state index is 12.1. The van der Waals surface area contributed by atoms with Crippen molar-refractivity contribution in [3.8, 4) is 5.69 Å². The van der Waals surface area contributed by atoms with Gasteiger partial charge in [-0.25, -0.2) is 9.59 Å². The molecule has 3 rings (SSSR count). The topological polar surface area (TPSA) is 105 Å². The molecule has 1 atom stereocenters. The Kier molecular flexibility index (Phi) is 4.71. The molecule has 1 fully saturated rings. The highest BCUT2D eigenvalue weighted by atomic mass is 16.5. The first-order valence-corrected chi connectivity index (χ1v) is 8.09. The van der Waals surface area contributed by atoms with Gasteiger partial charge in [0, 0.05) is 18.4 Å². The van der Waals surface area contributed by atoms with Crippen LogP contribution in [0.5, 0.6) is 0 Å². The molecule has 8 nitrogen and oxygen atoms in total. The molecule has 2 heterocycles. The molecule has 1 aromatic carbocycles. The molecule has 1 aliphatic heterocycles. The smallest absolute Gasteiger partial charge is 0.345 e. The summed E-state index contributed by atoms with van der Waals surface area (Å²) in [6, 6.07) is 6.95. The first-order chi connectivity index (χ1) is 12.0. The van der Waals surface area contributed by atoms with E-state index < -0.39 is 23.4 Å². The molecule has 0 saturated carbocycles. The lowest BCUT2D eigenvalue weighted by molar-refractivity contribution is 0.0523. The lowest BCUT2D eigenvalue weighted by atomic mass is 10.2. The lowest BCUT2D eigenvalue weighted by Crippen LogP contribution is -2.33. The SMILES string of the molecule is CCOC(=O)c1cn(-c2ccc(N3CCCC3O)cc2)c(=O)[nH]c1=O. The van der Waals surface area contributed by atoms with Crippen LogP contribution >= 0.6 is 0 Å².